The number of unbranched alkanes of at least 4 members (excludes halogenated alkanes) is 1. The van der Waals surface area contributed by atoms with Crippen LogP contribution in [-0.2, 0) is 10.0 Å². The molecule has 1 fully saturated rings. The Labute approximate surface area is 194 Å². The van der Waals surface area contributed by atoms with E-state index in [1.54, 1.807) is 0 Å². The number of nitro benzene ring substituents is 1. The number of rotatable bonds is 10. The Morgan fingerprint density at radius 2 is 1.94 bits per heavy atom. The lowest BCUT2D eigenvalue weighted by Crippen LogP contribution is -2.35. The number of piperidine rings is 1. The minimum Gasteiger partial charge on any atom is -0.352 e. The van der Waals surface area contributed by atoms with Crippen LogP contribution < -0.4 is 10.0 Å². The fourth-order valence-electron chi connectivity index (χ4n) is 3.92. The molecule has 0 aliphatic carbocycles. The molecule has 1 unspecified atom stereocenters. The molecule has 33 heavy (non-hydrogen) atoms. The first-order valence-corrected chi connectivity index (χ1v) is 12.6. The van der Waals surface area contributed by atoms with Gasteiger partial charge in [-0.25, -0.2) is 8.42 Å². The Balaban J connectivity index is 1.46. The minimum absolute atomic E-state index is 0.211. The van der Waals surface area contributed by atoms with Crippen LogP contribution in [0.15, 0.2) is 53.4 Å². The molecule has 0 saturated carbocycles. The number of hydrogen-bond acceptors (Lipinski definition) is 6. The first-order chi connectivity index (χ1) is 15.7. The van der Waals surface area contributed by atoms with Crippen LogP contribution in [0.4, 0.5) is 11.4 Å². The van der Waals surface area contributed by atoms with Crippen molar-refractivity contribution in [3.05, 3.63) is 64.2 Å². The predicted octanol–water partition coefficient (Wildman–Crippen LogP) is 3.64. The van der Waals surface area contributed by atoms with Crippen molar-refractivity contribution in [2.24, 2.45) is 5.92 Å². The number of nitro groups is 1. The summed E-state index contributed by atoms with van der Waals surface area (Å²) in [6.07, 6.45) is 4.50. The van der Waals surface area contributed by atoms with Crippen LogP contribution >= 0.6 is 0 Å². The Bertz CT molecular complexity index is 1070. The largest absolute Gasteiger partial charge is 0.352 e. The normalized spacial score (nSPS) is 16.8. The number of amides is 1. The molecule has 178 valence electrons. The molecule has 1 amide bonds. The van der Waals surface area contributed by atoms with Gasteiger partial charge in [0.05, 0.1) is 9.82 Å². The van der Waals surface area contributed by atoms with Crippen LogP contribution in [-0.4, -0.2) is 50.3 Å². The summed E-state index contributed by atoms with van der Waals surface area (Å²) in [5.41, 5.74) is 0.377. The summed E-state index contributed by atoms with van der Waals surface area (Å²) in [6.45, 7) is 6.25. The van der Waals surface area contributed by atoms with Gasteiger partial charge >= 0.3 is 0 Å². The van der Waals surface area contributed by atoms with E-state index in [4.69, 9.17) is 0 Å². The molecule has 1 atom stereocenters. The van der Waals surface area contributed by atoms with Gasteiger partial charge in [0.15, 0.2) is 0 Å². The molecule has 1 aliphatic rings. The number of carbonyl (C=O) groups is 1. The highest BCUT2D eigenvalue weighted by atomic mass is 32.2. The number of carbonyl (C=O) groups excluding carboxylic acids is 1. The lowest BCUT2D eigenvalue weighted by Gasteiger charge is -2.30. The van der Waals surface area contributed by atoms with E-state index in [-0.39, 0.29) is 22.2 Å². The van der Waals surface area contributed by atoms with Crippen molar-refractivity contribution in [1.29, 1.82) is 0 Å². The second-order valence-corrected chi connectivity index (χ2v) is 10.1. The third-order valence-electron chi connectivity index (χ3n) is 5.67. The average molecular weight is 475 g/mol. The van der Waals surface area contributed by atoms with Gasteiger partial charge in [0.1, 0.15) is 0 Å². The van der Waals surface area contributed by atoms with Crippen molar-refractivity contribution in [3.8, 4) is 0 Å². The second kappa shape index (κ2) is 11.2. The number of likely N-dealkylation sites (tertiary alicyclic amines) is 1. The lowest BCUT2D eigenvalue weighted by molar-refractivity contribution is -0.385. The van der Waals surface area contributed by atoms with Crippen molar-refractivity contribution in [2.75, 3.05) is 30.9 Å². The highest BCUT2D eigenvalue weighted by molar-refractivity contribution is 7.92. The molecule has 0 spiro atoms. The molecule has 2 aromatic carbocycles. The third kappa shape index (κ3) is 7.26. The predicted molar refractivity (Wildman–Crippen MR) is 127 cm³/mol. The average Bonchev–Trinajstić information content (AvgIpc) is 2.79. The van der Waals surface area contributed by atoms with Crippen LogP contribution in [0.2, 0.25) is 0 Å². The van der Waals surface area contributed by atoms with Gasteiger partial charge in [-0.1, -0.05) is 13.0 Å². The number of hydrogen-bond donors (Lipinski definition) is 2. The zero-order valence-electron chi connectivity index (χ0n) is 18.7. The van der Waals surface area contributed by atoms with Gasteiger partial charge < -0.3 is 10.2 Å². The molecule has 0 bridgehead atoms. The smallest absolute Gasteiger partial charge is 0.270 e. The number of non-ortho nitro benzene ring substituents is 1. The van der Waals surface area contributed by atoms with Crippen molar-refractivity contribution < 1.29 is 18.1 Å². The Hall–Kier alpha value is -2.98. The minimum atomic E-state index is -3.99. The number of sulfonamides is 1. The van der Waals surface area contributed by atoms with E-state index in [2.05, 4.69) is 21.9 Å². The van der Waals surface area contributed by atoms with E-state index in [0.717, 1.165) is 44.5 Å². The molecule has 1 aliphatic heterocycles. The first-order valence-electron chi connectivity index (χ1n) is 11.1. The Morgan fingerprint density at radius 1 is 1.18 bits per heavy atom. The standard InChI is InChI=1S/C23H30N4O5S/c1-18-6-5-15-26(17-18)14-3-2-13-24-23(28)19-9-11-20(12-10-19)25-33(31,32)22-8-4-7-21(16-22)27(29)30/h4,7-12,16,18,25H,2-3,5-6,13-15,17H2,1H3,(H,24,28). The maximum absolute atomic E-state index is 12.5. The summed E-state index contributed by atoms with van der Waals surface area (Å²) in [5, 5.41) is 13.8. The van der Waals surface area contributed by atoms with Gasteiger partial charge in [-0.2, -0.15) is 0 Å². The fourth-order valence-corrected chi connectivity index (χ4v) is 5.02. The first kappa shape index (κ1) is 24.7. The van der Waals surface area contributed by atoms with Gasteiger partial charge in [0, 0.05) is 36.5 Å². The van der Waals surface area contributed by atoms with Crippen LogP contribution in [0.5, 0.6) is 0 Å². The van der Waals surface area contributed by atoms with E-state index in [1.807, 2.05) is 0 Å². The van der Waals surface area contributed by atoms with E-state index < -0.39 is 14.9 Å². The fraction of sp³-hybridized carbons (Fsp3) is 0.435. The summed E-state index contributed by atoms with van der Waals surface area (Å²) in [6, 6.07) is 10.9. The van der Waals surface area contributed by atoms with Gasteiger partial charge in [-0.3, -0.25) is 19.6 Å². The topological polar surface area (TPSA) is 122 Å². The molecular weight excluding hydrogens is 444 g/mol. The van der Waals surface area contributed by atoms with Crippen molar-refractivity contribution >= 4 is 27.3 Å². The van der Waals surface area contributed by atoms with Crippen LogP contribution in [0.1, 0.15) is 43.0 Å². The number of nitrogens with one attached hydrogen (secondary N) is 2. The van der Waals surface area contributed by atoms with E-state index in [1.165, 1.54) is 55.3 Å². The van der Waals surface area contributed by atoms with E-state index in [0.29, 0.717) is 12.1 Å². The molecule has 3 rings (SSSR count). The quantitative estimate of drug-likeness (QED) is 0.308. The van der Waals surface area contributed by atoms with Crippen molar-refractivity contribution in [1.82, 2.24) is 10.2 Å². The molecule has 1 saturated heterocycles. The summed E-state index contributed by atoms with van der Waals surface area (Å²) in [4.78, 5) is 24.9. The summed E-state index contributed by atoms with van der Waals surface area (Å²) >= 11 is 0. The molecule has 2 aromatic rings. The van der Waals surface area contributed by atoms with Crippen molar-refractivity contribution in [3.63, 3.8) is 0 Å². The van der Waals surface area contributed by atoms with Gasteiger partial charge in [-0.15, -0.1) is 0 Å². The third-order valence-corrected chi connectivity index (χ3v) is 7.04. The van der Waals surface area contributed by atoms with Gasteiger partial charge in [0.25, 0.3) is 21.6 Å². The highest BCUT2D eigenvalue weighted by Crippen LogP contribution is 2.21. The van der Waals surface area contributed by atoms with E-state index in [9.17, 15) is 23.3 Å². The number of nitrogens with zero attached hydrogens (tertiary/aromatic N) is 2. The summed E-state index contributed by atoms with van der Waals surface area (Å²) < 4.78 is 27.4. The zero-order chi connectivity index (χ0) is 23.8. The maximum Gasteiger partial charge on any atom is 0.270 e. The Morgan fingerprint density at radius 3 is 2.64 bits per heavy atom. The molecular formula is C23H30N4O5S. The molecule has 2 N–H and O–H groups in total. The molecule has 1 heterocycles. The molecule has 0 aromatic heterocycles. The van der Waals surface area contributed by atoms with Crippen LogP contribution in [0.3, 0.4) is 0 Å². The van der Waals surface area contributed by atoms with E-state index >= 15 is 0 Å². The number of anilines is 1. The second-order valence-electron chi connectivity index (χ2n) is 8.45. The van der Waals surface area contributed by atoms with Crippen LogP contribution in [0, 0.1) is 16.0 Å². The SMILES string of the molecule is CC1CCCN(CCCCNC(=O)c2ccc(NS(=O)(=O)c3cccc([N+](=O)[O-])c3)cc2)C1. The molecule has 0 radical (unpaired) electrons. The van der Waals surface area contributed by atoms with Crippen molar-refractivity contribution in [2.45, 2.75) is 37.5 Å². The summed E-state index contributed by atoms with van der Waals surface area (Å²) in [5.74, 6) is 0.548. The molecule has 10 heteroatoms. The Kier molecular flexibility index (Phi) is 8.40. The van der Waals surface area contributed by atoms with Crippen LogP contribution in [0.25, 0.3) is 0 Å². The highest BCUT2D eigenvalue weighted by Gasteiger charge is 2.18. The zero-order valence-corrected chi connectivity index (χ0v) is 19.5. The lowest BCUT2D eigenvalue weighted by atomic mass is 10.0. The maximum atomic E-state index is 12.5. The monoisotopic (exact) mass is 474 g/mol. The molecule has 9 nitrogen and oxygen atoms in total. The van der Waals surface area contributed by atoms with Gasteiger partial charge in [0.2, 0.25) is 0 Å². The van der Waals surface area contributed by atoms with Gasteiger partial charge in [-0.05, 0) is 75.0 Å². The number of benzene rings is 2. The summed E-state index contributed by atoms with van der Waals surface area (Å²) in [7, 11) is -3.99.